The molecule has 32 heavy (non-hydrogen) atoms. The van der Waals surface area contributed by atoms with Gasteiger partial charge in [0.15, 0.2) is 0 Å². The Morgan fingerprint density at radius 2 is 1.94 bits per heavy atom. The van der Waals surface area contributed by atoms with Gasteiger partial charge in [0.1, 0.15) is 29.0 Å². The van der Waals surface area contributed by atoms with Gasteiger partial charge in [0.25, 0.3) is 5.89 Å². The minimum Gasteiger partial charge on any atom is -0.487 e. The number of benzene rings is 1. The largest absolute Gasteiger partial charge is 0.487 e. The van der Waals surface area contributed by atoms with Crippen LogP contribution >= 0.6 is 11.6 Å². The fraction of sp³-hybridized carbons (Fsp3) is 0.0909. The summed E-state index contributed by atoms with van der Waals surface area (Å²) in [6.07, 6.45) is -1.44. The van der Waals surface area contributed by atoms with Gasteiger partial charge in [0.05, 0.1) is 16.8 Å². The van der Waals surface area contributed by atoms with Gasteiger partial charge in [-0.2, -0.15) is 8.78 Å². The minimum atomic E-state index is -2.84. The third-order valence-corrected chi connectivity index (χ3v) is 4.27. The van der Waals surface area contributed by atoms with Crippen LogP contribution in [0.1, 0.15) is 29.3 Å². The summed E-state index contributed by atoms with van der Waals surface area (Å²) in [5.41, 5.74) is 1.48. The molecular weight excluding hydrogens is 445 g/mol. The van der Waals surface area contributed by atoms with Crippen molar-refractivity contribution >= 4 is 11.6 Å². The fourth-order valence-electron chi connectivity index (χ4n) is 2.53. The molecule has 0 aliphatic heterocycles. The zero-order valence-electron chi connectivity index (χ0n) is 16.1. The number of aromatic nitrogens is 4. The van der Waals surface area contributed by atoms with Gasteiger partial charge in [-0.15, -0.1) is 10.2 Å². The Balaban J connectivity index is 1.43. The molecule has 160 valence electrons. The molecule has 4 rings (SSSR count). The van der Waals surface area contributed by atoms with Gasteiger partial charge >= 0.3 is 6.43 Å². The van der Waals surface area contributed by atoms with Crippen molar-refractivity contribution in [2.45, 2.75) is 13.0 Å². The first-order valence-corrected chi connectivity index (χ1v) is 9.49. The van der Waals surface area contributed by atoms with Gasteiger partial charge in [-0.1, -0.05) is 23.6 Å². The second-order valence-electron chi connectivity index (χ2n) is 6.31. The van der Waals surface area contributed by atoms with Crippen LogP contribution in [0.25, 0.3) is 11.5 Å². The van der Waals surface area contributed by atoms with Gasteiger partial charge in [-0.05, 0) is 48.4 Å². The molecule has 0 spiro atoms. The normalized spacial score (nSPS) is 10.7. The molecule has 10 heteroatoms. The summed E-state index contributed by atoms with van der Waals surface area (Å²) >= 11 is 5.82. The Bertz CT molecular complexity index is 1300. The highest BCUT2D eigenvalue weighted by molar-refractivity contribution is 6.29. The van der Waals surface area contributed by atoms with E-state index in [1.807, 2.05) is 0 Å². The molecule has 3 aromatic heterocycles. The van der Waals surface area contributed by atoms with Crippen molar-refractivity contribution in [1.82, 2.24) is 20.2 Å². The van der Waals surface area contributed by atoms with Crippen LogP contribution in [0.4, 0.5) is 13.2 Å². The average molecular weight is 457 g/mol. The number of hydrogen-bond acceptors (Lipinski definition) is 6. The summed E-state index contributed by atoms with van der Waals surface area (Å²) in [6, 6.07) is 12.4. The van der Waals surface area contributed by atoms with Crippen LogP contribution in [0.15, 0.2) is 59.1 Å². The Labute approximate surface area is 185 Å². The lowest BCUT2D eigenvalue weighted by Crippen LogP contribution is -1.99. The molecule has 0 fully saturated rings. The van der Waals surface area contributed by atoms with Gasteiger partial charge in [-0.3, -0.25) is 4.98 Å². The van der Waals surface area contributed by atoms with E-state index >= 15 is 0 Å². The van der Waals surface area contributed by atoms with Crippen LogP contribution in [0.3, 0.4) is 0 Å². The molecule has 0 saturated carbocycles. The van der Waals surface area contributed by atoms with Crippen LogP contribution in [-0.4, -0.2) is 20.2 Å². The van der Waals surface area contributed by atoms with E-state index in [1.165, 1.54) is 24.4 Å². The predicted molar refractivity (Wildman–Crippen MR) is 108 cm³/mol. The zero-order chi connectivity index (χ0) is 22.5. The number of pyridine rings is 2. The SMILES string of the molecule is Fc1ccc(OCc2ccc(-c3nnc(C(F)F)o3)cn2)cc1C#Cc1cccc(Cl)n1. The molecule has 0 saturated heterocycles. The fourth-order valence-corrected chi connectivity index (χ4v) is 2.70. The van der Waals surface area contributed by atoms with E-state index in [1.54, 1.807) is 30.3 Å². The van der Waals surface area contributed by atoms with Crippen molar-refractivity contribution in [3.8, 4) is 29.0 Å². The Kier molecular flexibility index (Phi) is 6.33. The highest BCUT2D eigenvalue weighted by atomic mass is 35.5. The van der Waals surface area contributed by atoms with Gasteiger partial charge in [0, 0.05) is 6.20 Å². The van der Waals surface area contributed by atoms with Gasteiger partial charge in [0.2, 0.25) is 5.89 Å². The molecule has 0 radical (unpaired) electrons. The van der Waals surface area contributed by atoms with Crippen LogP contribution in [0, 0.1) is 17.7 Å². The molecule has 0 bridgehead atoms. The topological polar surface area (TPSA) is 73.9 Å². The average Bonchev–Trinajstić information content (AvgIpc) is 3.29. The second kappa shape index (κ2) is 9.49. The van der Waals surface area contributed by atoms with Crippen LogP contribution in [-0.2, 0) is 6.61 Å². The summed E-state index contributed by atoms with van der Waals surface area (Å²) in [7, 11) is 0. The molecule has 4 aromatic rings. The van der Waals surface area contributed by atoms with E-state index in [9.17, 15) is 13.2 Å². The maximum absolute atomic E-state index is 14.1. The molecule has 3 heterocycles. The van der Waals surface area contributed by atoms with Crippen molar-refractivity contribution in [2.24, 2.45) is 0 Å². The zero-order valence-corrected chi connectivity index (χ0v) is 16.9. The van der Waals surface area contributed by atoms with E-state index in [-0.39, 0.29) is 18.1 Å². The molecule has 0 atom stereocenters. The second-order valence-corrected chi connectivity index (χ2v) is 6.70. The molecule has 0 aliphatic carbocycles. The molecule has 1 aromatic carbocycles. The molecule has 6 nitrogen and oxygen atoms in total. The molecular formula is C22H12ClF3N4O2. The maximum Gasteiger partial charge on any atom is 0.314 e. The third kappa shape index (κ3) is 5.22. The maximum atomic E-state index is 14.1. The summed E-state index contributed by atoms with van der Waals surface area (Å²) in [6.45, 7) is 0.0841. The van der Waals surface area contributed by atoms with E-state index in [0.29, 0.717) is 27.9 Å². The summed E-state index contributed by atoms with van der Waals surface area (Å²) < 4.78 is 49.7. The summed E-state index contributed by atoms with van der Waals surface area (Å²) in [4.78, 5) is 8.22. The lowest BCUT2D eigenvalue weighted by Gasteiger charge is -2.07. The number of alkyl halides is 2. The quantitative estimate of drug-likeness (QED) is 0.302. The Morgan fingerprint density at radius 3 is 2.66 bits per heavy atom. The van der Waals surface area contributed by atoms with Crippen molar-refractivity contribution in [3.05, 3.63) is 88.5 Å². The van der Waals surface area contributed by atoms with E-state index in [2.05, 4.69) is 32.0 Å². The third-order valence-electron chi connectivity index (χ3n) is 4.06. The molecule has 0 N–H and O–H groups in total. The van der Waals surface area contributed by atoms with Crippen LogP contribution in [0.5, 0.6) is 5.75 Å². The smallest absolute Gasteiger partial charge is 0.314 e. The van der Waals surface area contributed by atoms with Crippen molar-refractivity contribution in [3.63, 3.8) is 0 Å². The number of rotatable bonds is 5. The lowest BCUT2D eigenvalue weighted by molar-refractivity contribution is 0.116. The molecule has 0 amide bonds. The Hall–Kier alpha value is -3.90. The molecule has 0 aliphatic rings. The number of ether oxygens (including phenoxy) is 1. The first-order valence-electron chi connectivity index (χ1n) is 9.12. The monoisotopic (exact) mass is 456 g/mol. The van der Waals surface area contributed by atoms with Crippen LogP contribution < -0.4 is 4.74 Å². The summed E-state index contributed by atoms with van der Waals surface area (Å²) in [5, 5.41) is 7.13. The predicted octanol–water partition coefficient (Wildman–Crippen LogP) is 5.24. The highest BCUT2D eigenvalue weighted by Crippen LogP contribution is 2.23. The number of nitrogens with zero attached hydrogens (tertiary/aromatic N) is 4. The minimum absolute atomic E-state index is 0.0591. The van der Waals surface area contributed by atoms with Crippen molar-refractivity contribution in [1.29, 1.82) is 0 Å². The van der Waals surface area contributed by atoms with E-state index in [0.717, 1.165) is 0 Å². The van der Waals surface area contributed by atoms with E-state index < -0.39 is 18.1 Å². The molecule has 0 unspecified atom stereocenters. The first kappa shape index (κ1) is 21.3. The number of halogens is 4. The highest BCUT2D eigenvalue weighted by Gasteiger charge is 2.17. The van der Waals surface area contributed by atoms with Gasteiger partial charge in [-0.25, -0.2) is 9.37 Å². The first-order chi connectivity index (χ1) is 15.5. The van der Waals surface area contributed by atoms with Crippen molar-refractivity contribution in [2.75, 3.05) is 0 Å². The van der Waals surface area contributed by atoms with Gasteiger partial charge < -0.3 is 9.15 Å². The summed E-state index contributed by atoms with van der Waals surface area (Å²) in [5.74, 6) is 4.54. The Morgan fingerprint density at radius 1 is 1.06 bits per heavy atom. The lowest BCUT2D eigenvalue weighted by atomic mass is 10.2. The number of hydrogen-bond donors (Lipinski definition) is 0. The van der Waals surface area contributed by atoms with E-state index in [4.69, 9.17) is 20.8 Å². The standard InChI is InChI=1S/C22H12ClF3N4O2/c23-19-3-1-2-15(28-19)6-4-13-10-17(8-9-18(13)24)31-12-16-7-5-14(11-27-16)21-29-30-22(32-21)20(25)26/h1-3,5,7-11,20H,12H2. The van der Waals surface area contributed by atoms with Crippen molar-refractivity contribution < 1.29 is 22.3 Å². The van der Waals surface area contributed by atoms with Crippen LogP contribution in [0.2, 0.25) is 5.15 Å².